The lowest BCUT2D eigenvalue weighted by molar-refractivity contribution is 0.419. The number of para-hydroxylation sites is 1. The summed E-state index contributed by atoms with van der Waals surface area (Å²) in [5.41, 5.74) is 1.58. The van der Waals surface area contributed by atoms with E-state index in [-0.39, 0.29) is 0 Å². The number of fused-ring (bicyclic) bond motifs is 1. The van der Waals surface area contributed by atoms with Gasteiger partial charge in [0.1, 0.15) is 5.75 Å². The summed E-state index contributed by atoms with van der Waals surface area (Å²) in [4.78, 5) is 4.42. The summed E-state index contributed by atoms with van der Waals surface area (Å²) in [6, 6.07) is 5.68. The summed E-state index contributed by atoms with van der Waals surface area (Å²) in [5.74, 6) is 2.19. The zero-order chi connectivity index (χ0) is 11.4. The van der Waals surface area contributed by atoms with Crippen molar-refractivity contribution >= 4 is 22.7 Å². The Balaban J connectivity index is 2.22. The third kappa shape index (κ3) is 2.30. The molecule has 0 bridgehead atoms. The standard InChI is InChI=1S/C12H14ClNO2/c1-15-9-5-4-6-10-12(9)14-11(16-10)7-2-3-8-13/h4-6H,2-3,7-8H2,1H3. The lowest BCUT2D eigenvalue weighted by atomic mass is 10.2. The third-order valence-electron chi connectivity index (χ3n) is 2.42. The van der Waals surface area contributed by atoms with E-state index in [1.807, 2.05) is 18.2 Å². The first-order chi connectivity index (χ1) is 7.85. The molecule has 0 atom stereocenters. The second-order valence-corrected chi connectivity index (χ2v) is 3.94. The summed E-state index contributed by atoms with van der Waals surface area (Å²) in [6.45, 7) is 0. The van der Waals surface area contributed by atoms with Gasteiger partial charge in [0.2, 0.25) is 0 Å². The molecule has 2 rings (SSSR count). The zero-order valence-electron chi connectivity index (χ0n) is 9.20. The molecule has 0 saturated heterocycles. The lowest BCUT2D eigenvalue weighted by Gasteiger charge is -1.96. The number of ether oxygens (including phenoxy) is 1. The van der Waals surface area contributed by atoms with Gasteiger partial charge < -0.3 is 9.15 Å². The predicted molar refractivity (Wildman–Crippen MR) is 64.2 cm³/mol. The van der Waals surface area contributed by atoms with E-state index in [1.54, 1.807) is 7.11 Å². The number of oxazole rings is 1. The second kappa shape index (κ2) is 5.21. The molecule has 1 aromatic heterocycles. The maximum Gasteiger partial charge on any atom is 0.195 e. The normalized spacial score (nSPS) is 10.9. The number of methoxy groups -OCH3 is 1. The maximum atomic E-state index is 5.62. The van der Waals surface area contributed by atoms with Crippen LogP contribution in [0.4, 0.5) is 0 Å². The number of hydrogen-bond donors (Lipinski definition) is 0. The Morgan fingerprint density at radius 1 is 1.38 bits per heavy atom. The number of alkyl halides is 1. The van der Waals surface area contributed by atoms with Crippen LogP contribution in [0.25, 0.3) is 11.1 Å². The monoisotopic (exact) mass is 239 g/mol. The Morgan fingerprint density at radius 2 is 2.25 bits per heavy atom. The van der Waals surface area contributed by atoms with Gasteiger partial charge in [0.15, 0.2) is 17.0 Å². The van der Waals surface area contributed by atoms with Crippen LogP contribution < -0.4 is 4.74 Å². The van der Waals surface area contributed by atoms with Gasteiger partial charge in [-0.05, 0) is 25.0 Å². The Morgan fingerprint density at radius 3 is 3.00 bits per heavy atom. The van der Waals surface area contributed by atoms with Crippen molar-refractivity contribution < 1.29 is 9.15 Å². The minimum absolute atomic E-state index is 0.684. The number of nitrogens with zero attached hydrogens (tertiary/aromatic N) is 1. The number of rotatable bonds is 5. The first-order valence-corrected chi connectivity index (χ1v) is 5.87. The van der Waals surface area contributed by atoms with Gasteiger partial charge >= 0.3 is 0 Å². The molecule has 0 radical (unpaired) electrons. The molecular weight excluding hydrogens is 226 g/mol. The first kappa shape index (κ1) is 11.3. The molecule has 16 heavy (non-hydrogen) atoms. The smallest absolute Gasteiger partial charge is 0.195 e. The highest BCUT2D eigenvalue weighted by molar-refractivity contribution is 6.17. The summed E-state index contributed by atoms with van der Waals surface area (Å²) < 4.78 is 10.8. The van der Waals surface area contributed by atoms with E-state index in [0.717, 1.165) is 42.0 Å². The van der Waals surface area contributed by atoms with Gasteiger partial charge in [0.25, 0.3) is 0 Å². The Labute approximate surface area is 99.4 Å². The van der Waals surface area contributed by atoms with E-state index in [4.69, 9.17) is 20.8 Å². The molecule has 0 fully saturated rings. The van der Waals surface area contributed by atoms with Crippen molar-refractivity contribution in [1.29, 1.82) is 0 Å². The highest BCUT2D eigenvalue weighted by Gasteiger charge is 2.09. The highest BCUT2D eigenvalue weighted by Crippen LogP contribution is 2.25. The summed E-state index contributed by atoms with van der Waals surface area (Å²) in [7, 11) is 1.64. The third-order valence-corrected chi connectivity index (χ3v) is 2.69. The summed E-state index contributed by atoms with van der Waals surface area (Å²) in [5, 5.41) is 0. The molecule has 0 amide bonds. The average molecular weight is 240 g/mol. The Bertz CT molecular complexity index is 467. The van der Waals surface area contributed by atoms with Crippen LogP contribution in [0.3, 0.4) is 0 Å². The van der Waals surface area contributed by atoms with Crippen LogP contribution in [-0.4, -0.2) is 18.0 Å². The van der Waals surface area contributed by atoms with Gasteiger partial charge in [-0.1, -0.05) is 6.07 Å². The molecular formula is C12H14ClNO2. The molecule has 0 spiro atoms. The van der Waals surface area contributed by atoms with Crippen LogP contribution in [0.5, 0.6) is 5.75 Å². The largest absolute Gasteiger partial charge is 0.494 e. The molecule has 4 heteroatoms. The van der Waals surface area contributed by atoms with Crippen LogP contribution in [0.15, 0.2) is 22.6 Å². The molecule has 2 aromatic rings. The molecule has 0 aliphatic heterocycles. The quantitative estimate of drug-likeness (QED) is 0.593. The number of aryl methyl sites for hydroxylation is 1. The molecule has 0 saturated carbocycles. The van der Waals surface area contributed by atoms with Crippen LogP contribution in [0.2, 0.25) is 0 Å². The van der Waals surface area contributed by atoms with Crippen LogP contribution >= 0.6 is 11.6 Å². The van der Waals surface area contributed by atoms with E-state index in [0.29, 0.717) is 5.88 Å². The molecule has 1 heterocycles. The molecule has 3 nitrogen and oxygen atoms in total. The number of unbranched alkanes of at least 4 members (excludes halogenated alkanes) is 1. The topological polar surface area (TPSA) is 35.3 Å². The fourth-order valence-corrected chi connectivity index (χ4v) is 1.80. The van der Waals surface area contributed by atoms with E-state index < -0.39 is 0 Å². The van der Waals surface area contributed by atoms with Crippen LogP contribution in [-0.2, 0) is 6.42 Å². The van der Waals surface area contributed by atoms with Crippen molar-refractivity contribution in [2.24, 2.45) is 0 Å². The van der Waals surface area contributed by atoms with Crippen molar-refractivity contribution in [3.8, 4) is 5.75 Å². The van der Waals surface area contributed by atoms with Crippen molar-refractivity contribution in [2.75, 3.05) is 13.0 Å². The number of aromatic nitrogens is 1. The minimum atomic E-state index is 0.684. The molecule has 1 aromatic carbocycles. The van der Waals surface area contributed by atoms with Crippen molar-refractivity contribution in [3.05, 3.63) is 24.1 Å². The average Bonchev–Trinajstić information content (AvgIpc) is 2.71. The minimum Gasteiger partial charge on any atom is -0.494 e. The highest BCUT2D eigenvalue weighted by atomic mass is 35.5. The van der Waals surface area contributed by atoms with E-state index in [2.05, 4.69) is 4.98 Å². The van der Waals surface area contributed by atoms with Gasteiger partial charge in [-0.25, -0.2) is 4.98 Å². The van der Waals surface area contributed by atoms with Crippen LogP contribution in [0, 0.1) is 0 Å². The SMILES string of the molecule is COc1cccc2oc(CCCCCl)nc12. The second-order valence-electron chi connectivity index (χ2n) is 3.56. The van der Waals surface area contributed by atoms with Crippen molar-refractivity contribution in [2.45, 2.75) is 19.3 Å². The van der Waals surface area contributed by atoms with Gasteiger partial charge in [-0.15, -0.1) is 11.6 Å². The lowest BCUT2D eigenvalue weighted by Crippen LogP contribution is -1.87. The van der Waals surface area contributed by atoms with E-state index >= 15 is 0 Å². The number of halogens is 1. The van der Waals surface area contributed by atoms with E-state index in [9.17, 15) is 0 Å². The molecule has 0 aliphatic carbocycles. The molecule has 0 aliphatic rings. The predicted octanol–water partition coefficient (Wildman–Crippen LogP) is 3.40. The van der Waals surface area contributed by atoms with Crippen LogP contribution in [0.1, 0.15) is 18.7 Å². The van der Waals surface area contributed by atoms with Crippen molar-refractivity contribution in [1.82, 2.24) is 4.98 Å². The van der Waals surface area contributed by atoms with E-state index in [1.165, 1.54) is 0 Å². The fraction of sp³-hybridized carbons (Fsp3) is 0.417. The molecule has 0 unspecified atom stereocenters. The van der Waals surface area contributed by atoms with Crippen molar-refractivity contribution in [3.63, 3.8) is 0 Å². The van der Waals surface area contributed by atoms with Gasteiger partial charge in [0.05, 0.1) is 7.11 Å². The first-order valence-electron chi connectivity index (χ1n) is 5.33. The summed E-state index contributed by atoms with van der Waals surface area (Å²) in [6.07, 6.45) is 2.81. The maximum absolute atomic E-state index is 5.62. The van der Waals surface area contributed by atoms with Gasteiger partial charge in [-0.2, -0.15) is 0 Å². The summed E-state index contributed by atoms with van der Waals surface area (Å²) >= 11 is 5.62. The Hall–Kier alpha value is -1.22. The Kier molecular flexibility index (Phi) is 3.67. The number of hydrogen-bond acceptors (Lipinski definition) is 3. The molecule has 0 N–H and O–H groups in total. The number of benzene rings is 1. The zero-order valence-corrected chi connectivity index (χ0v) is 9.96. The van der Waals surface area contributed by atoms with Gasteiger partial charge in [-0.3, -0.25) is 0 Å². The fourth-order valence-electron chi connectivity index (χ4n) is 1.61. The van der Waals surface area contributed by atoms with Gasteiger partial charge in [0, 0.05) is 12.3 Å². The molecule has 86 valence electrons.